The Morgan fingerprint density at radius 1 is 1.13 bits per heavy atom. The molecule has 1 aromatic heterocycles. The van der Waals surface area contributed by atoms with Crippen LogP contribution in [0.2, 0.25) is 0 Å². The number of aromatic amines is 1. The van der Waals surface area contributed by atoms with Crippen LogP contribution in [0.25, 0.3) is 11.1 Å². The van der Waals surface area contributed by atoms with E-state index in [1.165, 1.54) is 0 Å². The predicted octanol–water partition coefficient (Wildman–Crippen LogP) is 4.23. The molecule has 0 fully saturated rings. The zero-order valence-electron chi connectivity index (χ0n) is 18.0. The fraction of sp³-hybridized carbons (Fsp3) is 0.292. The van der Waals surface area contributed by atoms with Gasteiger partial charge in [0.1, 0.15) is 6.04 Å². The smallest absolute Gasteiger partial charge is 0.326 e. The van der Waals surface area contributed by atoms with E-state index in [1.54, 1.807) is 12.4 Å². The third-order valence-electron chi connectivity index (χ3n) is 5.04. The summed E-state index contributed by atoms with van der Waals surface area (Å²) in [5, 5.41) is 15.5. The Hall–Kier alpha value is -3.61. The van der Waals surface area contributed by atoms with Gasteiger partial charge in [-0.25, -0.2) is 9.78 Å². The highest BCUT2D eigenvalue weighted by Crippen LogP contribution is 2.30. The van der Waals surface area contributed by atoms with Gasteiger partial charge in [0.2, 0.25) is 0 Å². The molecule has 1 unspecified atom stereocenters. The molecule has 0 saturated carbocycles. The van der Waals surface area contributed by atoms with Crippen molar-refractivity contribution < 1.29 is 14.7 Å². The van der Waals surface area contributed by atoms with E-state index in [0.717, 1.165) is 28.1 Å². The van der Waals surface area contributed by atoms with Crippen LogP contribution >= 0.6 is 0 Å². The lowest BCUT2D eigenvalue weighted by atomic mass is 9.94. The molecule has 1 atom stereocenters. The van der Waals surface area contributed by atoms with Gasteiger partial charge in [-0.1, -0.05) is 38.1 Å². The monoisotopic (exact) mass is 420 g/mol. The van der Waals surface area contributed by atoms with Crippen LogP contribution in [0, 0.1) is 12.8 Å². The minimum absolute atomic E-state index is 0.144. The fourth-order valence-corrected chi connectivity index (χ4v) is 3.46. The van der Waals surface area contributed by atoms with Crippen LogP contribution in [0.4, 0.5) is 5.69 Å². The van der Waals surface area contributed by atoms with Gasteiger partial charge in [0.05, 0.1) is 18.6 Å². The minimum Gasteiger partial charge on any atom is -0.480 e. The van der Waals surface area contributed by atoms with Crippen LogP contribution < -0.4 is 10.6 Å². The minimum atomic E-state index is -1.03. The van der Waals surface area contributed by atoms with Gasteiger partial charge >= 0.3 is 5.97 Å². The van der Waals surface area contributed by atoms with Crippen molar-refractivity contribution in [3.05, 3.63) is 71.8 Å². The Balaban J connectivity index is 1.93. The molecule has 7 nitrogen and oxygen atoms in total. The molecule has 0 saturated heterocycles. The molecule has 3 aromatic rings. The summed E-state index contributed by atoms with van der Waals surface area (Å²) in [4.78, 5) is 31.9. The molecule has 0 aliphatic rings. The van der Waals surface area contributed by atoms with Crippen LogP contribution in [0.3, 0.4) is 0 Å². The first-order valence-electron chi connectivity index (χ1n) is 10.3. The number of nitrogens with one attached hydrogen (secondary N) is 3. The molecule has 7 heteroatoms. The van der Waals surface area contributed by atoms with E-state index in [9.17, 15) is 14.7 Å². The first kappa shape index (κ1) is 22.1. The summed E-state index contributed by atoms with van der Waals surface area (Å²) in [5.74, 6) is -1.28. The van der Waals surface area contributed by atoms with Crippen LogP contribution in [-0.2, 0) is 11.3 Å². The van der Waals surface area contributed by atoms with Crippen LogP contribution in [0.5, 0.6) is 0 Å². The number of aryl methyl sites for hydroxylation is 1. The van der Waals surface area contributed by atoms with Gasteiger partial charge < -0.3 is 20.7 Å². The highest BCUT2D eigenvalue weighted by molar-refractivity contribution is 6.03. The Kier molecular flexibility index (Phi) is 7.07. The largest absolute Gasteiger partial charge is 0.480 e. The van der Waals surface area contributed by atoms with Gasteiger partial charge in [0.25, 0.3) is 5.91 Å². The number of hydrogen-bond acceptors (Lipinski definition) is 4. The van der Waals surface area contributed by atoms with Crippen molar-refractivity contribution in [1.29, 1.82) is 0 Å². The molecule has 31 heavy (non-hydrogen) atoms. The standard InChI is InChI=1S/C24H28N4O3/c1-15(2)10-22(24(30)31)28-23(29)20-9-8-17(26-13-18-12-25-14-27-18)11-21(20)19-7-5-4-6-16(19)3/h4-9,11-12,14-15,22,26H,10,13H2,1-3H3,(H,25,27)(H,28,29)(H,30,31). The number of benzene rings is 2. The number of H-pyrrole nitrogens is 1. The summed E-state index contributed by atoms with van der Waals surface area (Å²) in [6.45, 7) is 6.39. The van der Waals surface area contributed by atoms with Crippen molar-refractivity contribution in [2.24, 2.45) is 5.92 Å². The molecule has 0 bridgehead atoms. The molecular formula is C24H28N4O3. The van der Waals surface area contributed by atoms with Crippen molar-refractivity contribution in [3.8, 4) is 11.1 Å². The number of carbonyl (C=O) groups is 2. The van der Waals surface area contributed by atoms with Crippen molar-refractivity contribution in [2.75, 3.05) is 5.32 Å². The summed E-state index contributed by atoms with van der Waals surface area (Å²) < 4.78 is 0. The molecule has 162 valence electrons. The van der Waals surface area contributed by atoms with Gasteiger partial charge in [-0.15, -0.1) is 0 Å². The molecule has 0 radical (unpaired) electrons. The second-order valence-corrected chi connectivity index (χ2v) is 7.98. The van der Waals surface area contributed by atoms with Gasteiger partial charge in [0, 0.05) is 17.4 Å². The number of nitrogens with zero attached hydrogens (tertiary/aromatic N) is 1. The molecule has 3 rings (SSSR count). The summed E-state index contributed by atoms with van der Waals surface area (Å²) >= 11 is 0. The highest BCUT2D eigenvalue weighted by Gasteiger charge is 2.23. The number of hydrogen-bond donors (Lipinski definition) is 4. The van der Waals surface area contributed by atoms with Crippen LogP contribution in [0.1, 0.15) is 41.9 Å². The molecule has 0 spiro atoms. The van der Waals surface area contributed by atoms with Crippen molar-refractivity contribution in [3.63, 3.8) is 0 Å². The number of carboxylic acids is 1. The van der Waals surface area contributed by atoms with Crippen molar-refractivity contribution >= 4 is 17.6 Å². The number of anilines is 1. The summed E-state index contributed by atoms with van der Waals surface area (Å²) in [7, 11) is 0. The number of imidazole rings is 1. The van der Waals surface area contributed by atoms with E-state index in [-0.39, 0.29) is 5.92 Å². The quantitative estimate of drug-likeness (QED) is 0.414. The predicted molar refractivity (Wildman–Crippen MR) is 121 cm³/mol. The SMILES string of the molecule is Cc1ccccc1-c1cc(NCc2c[nH]cn2)ccc1C(=O)NC(CC(C)C)C(=O)O. The molecule has 0 aliphatic heterocycles. The maximum absolute atomic E-state index is 13.1. The van der Waals surface area contributed by atoms with Crippen molar-refractivity contribution in [1.82, 2.24) is 15.3 Å². The van der Waals surface area contributed by atoms with E-state index >= 15 is 0 Å². The Morgan fingerprint density at radius 3 is 2.55 bits per heavy atom. The molecule has 1 heterocycles. The third kappa shape index (κ3) is 5.72. The molecule has 4 N–H and O–H groups in total. The lowest BCUT2D eigenvalue weighted by Crippen LogP contribution is -2.41. The van der Waals surface area contributed by atoms with Gasteiger partial charge in [-0.2, -0.15) is 0 Å². The maximum Gasteiger partial charge on any atom is 0.326 e. The van der Waals surface area contributed by atoms with E-state index in [1.807, 2.05) is 63.4 Å². The molecular weight excluding hydrogens is 392 g/mol. The Labute approximate surface area is 181 Å². The third-order valence-corrected chi connectivity index (χ3v) is 5.04. The lowest BCUT2D eigenvalue weighted by molar-refractivity contribution is -0.139. The van der Waals surface area contributed by atoms with Gasteiger partial charge in [-0.3, -0.25) is 4.79 Å². The Bertz CT molecular complexity index is 1040. The topological polar surface area (TPSA) is 107 Å². The zero-order valence-corrected chi connectivity index (χ0v) is 18.0. The van der Waals surface area contributed by atoms with Gasteiger partial charge in [0.15, 0.2) is 0 Å². The van der Waals surface area contributed by atoms with Crippen molar-refractivity contribution in [2.45, 2.75) is 39.8 Å². The van der Waals surface area contributed by atoms with Crippen LogP contribution in [-0.4, -0.2) is 33.0 Å². The van der Waals surface area contributed by atoms with E-state index in [4.69, 9.17) is 0 Å². The van der Waals surface area contributed by atoms with Crippen LogP contribution in [0.15, 0.2) is 55.0 Å². The number of amides is 1. The number of carboxylic acid groups (broad SMARTS) is 1. The zero-order chi connectivity index (χ0) is 22.4. The summed E-state index contributed by atoms with van der Waals surface area (Å²) in [5.41, 5.74) is 4.85. The highest BCUT2D eigenvalue weighted by atomic mass is 16.4. The summed E-state index contributed by atoms with van der Waals surface area (Å²) in [6.07, 6.45) is 3.81. The molecule has 1 amide bonds. The van der Waals surface area contributed by atoms with Gasteiger partial charge in [-0.05, 0) is 54.2 Å². The number of carbonyl (C=O) groups excluding carboxylic acids is 1. The second-order valence-electron chi connectivity index (χ2n) is 7.98. The maximum atomic E-state index is 13.1. The number of aliphatic carboxylic acids is 1. The lowest BCUT2D eigenvalue weighted by Gasteiger charge is -2.19. The number of rotatable bonds is 9. The Morgan fingerprint density at radius 2 is 1.90 bits per heavy atom. The first-order valence-corrected chi connectivity index (χ1v) is 10.3. The normalized spacial score (nSPS) is 11.9. The first-order chi connectivity index (χ1) is 14.8. The second kappa shape index (κ2) is 9.93. The average Bonchev–Trinajstić information content (AvgIpc) is 3.25. The van der Waals surface area contributed by atoms with E-state index in [2.05, 4.69) is 20.6 Å². The van der Waals surface area contributed by atoms with E-state index in [0.29, 0.717) is 18.5 Å². The molecule has 2 aromatic carbocycles. The summed E-state index contributed by atoms with van der Waals surface area (Å²) in [6, 6.07) is 12.4. The number of aromatic nitrogens is 2. The average molecular weight is 421 g/mol. The fourth-order valence-electron chi connectivity index (χ4n) is 3.46. The van der Waals surface area contributed by atoms with E-state index < -0.39 is 17.9 Å². The molecule has 0 aliphatic carbocycles.